The van der Waals surface area contributed by atoms with Gasteiger partial charge in [0, 0.05) is 16.3 Å². The van der Waals surface area contributed by atoms with Gasteiger partial charge in [-0.1, -0.05) is 48.5 Å². The highest BCUT2D eigenvalue weighted by molar-refractivity contribution is 6.14. The van der Waals surface area contributed by atoms with Gasteiger partial charge in [-0.3, -0.25) is 4.79 Å². The highest BCUT2D eigenvalue weighted by atomic mass is 16.1. The maximum absolute atomic E-state index is 11.7. The summed E-state index contributed by atoms with van der Waals surface area (Å²) in [4.78, 5) is 15.2. The molecule has 0 spiro atoms. The number of aromatic amines is 1. The summed E-state index contributed by atoms with van der Waals surface area (Å²) < 4.78 is 0. The molecule has 0 saturated heterocycles. The van der Waals surface area contributed by atoms with Gasteiger partial charge in [0.25, 0.3) is 0 Å². The molecule has 0 aliphatic carbocycles. The van der Waals surface area contributed by atoms with E-state index in [1.54, 1.807) is 0 Å². The lowest BCUT2D eigenvalue weighted by molar-refractivity contribution is 0.112. The van der Waals surface area contributed by atoms with Gasteiger partial charge in [0.1, 0.15) is 0 Å². The minimum Gasteiger partial charge on any atom is -0.353 e. The van der Waals surface area contributed by atoms with Gasteiger partial charge in [0.05, 0.1) is 11.2 Å². The molecule has 0 aliphatic rings. The second kappa shape index (κ2) is 5.10. The van der Waals surface area contributed by atoms with Crippen molar-refractivity contribution in [2.75, 3.05) is 0 Å². The molecule has 3 aromatic carbocycles. The average Bonchev–Trinajstić information content (AvgIpc) is 2.96. The molecule has 0 atom stereocenters. The van der Waals surface area contributed by atoms with E-state index in [0.717, 1.165) is 39.4 Å². The summed E-state index contributed by atoms with van der Waals surface area (Å²) in [5.41, 5.74) is 6.18. The third-order valence-corrected chi connectivity index (χ3v) is 4.65. The molecule has 1 N–H and O–H groups in total. The molecule has 0 aliphatic heterocycles. The monoisotopic (exact) mass is 299 g/mol. The van der Waals surface area contributed by atoms with Crippen molar-refractivity contribution < 1.29 is 4.79 Å². The Kier molecular flexibility index (Phi) is 3.05. The fourth-order valence-electron chi connectivity index (χ4n) is 3.20. The summed E-state index contributed by atoms with van der Waals surface area (Å²) in [5, 5.41) is 3.29. The molecule has 112 valence electrons. The summed E-state index contributed by atoms with van der Waals surface area (Å²) in [6.07, 6.45) is 0.956. The lowest BCUT2D eigenvalue weighted by Crippen LogP contribution is -1.87. The van der Waals surface area contributed by atoms with Crippen molar-refractivity contribution in [3.05, 3.63) is 71.3 Å². The van der Waals surface area contributed by atoms with Crippen LogP contribution in [-0.4, -0.2) is 11.3 Å². The molecule has 2 heteroatoms. The van der Waals surface area contributed by atoms with Crippen LogP contribution in [0.5, 0.6) is 0 Å². The Morgan fingerprint density at radius 3 is 2.48 bits per heavy atom. The molecule has 0 amide bonds. The molecular formula is C21H17NO. The molecule has 2 nitrogen and oxygen atoms in total. The van der Waals surface area contributed by atoms with Gasteiger partial charge >= 0.3 is 0 Å². The Morgan fingerprint density at radius 2 is 1.70 bits per heavy atom. The minimum atomic E-state index is 0.731. The molecule has 0 fully saturated rings. The number of aryl methyl sites for hydroxylation is 2. The number of carbonyl (C=O) groups is 1. The number of aldehydes is 1. The zero-order valence-electron chi connectivity index (χ0n) is 13.2. The van der Waals surface area contributed by atoms with Crippen LogP contribution in [0.1, 0.15) is 21.5 Å². The number of H-pyrrole nitrogens is 1. The normalized spacial score (nSPS) is 11.2. The Morgan fingerprint density at radius 1 is 0.870 bits per heavy atom. The smallest absolute Gasteiger partial charge is 0.152 e. The second-order valence-electron chi connectivity index (χ2n) is 6.04. The standard InChI is InChI=1S/C21H17NO/c1-13-7-8-16(11-14(13)2)20-19(12-23)18-10-9-15-5-3-4-6-17(15)21(18)22-20/h3-12,22H,1-2H3. The molecule has 1 aromatic heterocycles. The van der Waals surface area contributed by atoms with Crippen LogP contribution in [0.4, 0.5) is 0 Å². The summed E-state index contributed by atoms with van der Waals surface area (Å²) >= 11 is 0. The molecule has 0 saturated carbocycles. The average molecular weight is 299 g/mol. The van der Waals surface area contributed by atoms with Crippen molar-refractivity contribution >= 4 is 28.0 Å². The van der Waals surface area contributed by atoms with Crippen LogP contribution in [0, 0.1) is 13.8 Å². The summed E-state index contributed by atoms with van der Waals surface area (Å²) in [7, 11) is 0. The zero-order chi connectivity index (χ0) is 16.0. The number of carbonyl (C=O) groups excluding carboxylic acids is 1. The molecule has 0 unspecified atom stereocenters. The molecule has 4 aromatic rings. The molecular weight excluding hydrogens is 282 g/mol. The number of nitrogens with one attached hydrogen (secondary N) is 1. The summed E-state index contributed by atoms with van der Waals surface area (Å²) in [6, 6.07) is 18.6. The van der Waals surface area contributed by atoms with Crippen LogP contribution in [0.15, 0.2) is 54.6 Å². The first-order valence-electron chi connectivity index (χ1n) is 7.75. The highest BCUT2D eigenvalue weighted by Gasteiger charge is 2.14. The quantitative estimate of drug-likeness (QED) is 0.493. The third kappa shape index (κ3) is 2.07. The van der Waals surface area contributed by atoms with Gasteiger partial charge in [-0.25, -0.2) is 0 Å². The Labute approximate surface area is 134 Å². The zero-order valence-corrected chi connectivity index (χ0v) is 13.2. The number of hydrogen-bond donors (Lipinski definition) is 1. The Bertz CT molecular complexity index is 1060. The van der Waals surface area contributed by atoms with Gasteiger partial charge in [0.15, 0.2) is 6.29 Å². The number of rotatable bonds is 2. The first-order valence-corrected chi connectivity index (χ1v) is 7.75. The van der Waals surface area contributed by atoms with Crippen LogP contribution in [0.25, 0.3) is 32.9 Å². The van der Waals surface area contributed by atoms with E-state index in [2.05, 4.69) is 55.2 Å². The number of fused-ring (bicyclic) bond motifs is 3. The van der Waals surface area contributed by atoms with Crippen LogP contribution in [0.3, 0.4) is 0 Å². The molecule has 23 heavy (non-hydrogen) atoms. The third-order valence-electron chi connectivity index (χ3n) is 4.65. The molecule has 1 heterocycles. The lowest BCUT2D eigenvalue weighted by Gasteiger charge is -2.04. The maximum Gasteiger partial charge on any atom is 0.152 e. The van der Waals surface area contributed by atoms with E-state index in [-0.39, 0.29) is 0 Å². The van der Waals surface area contributed by atoms with Gasteiger partial charge in [-0.15, -0.1) is 0 Å². The lowest BCUT2D eigenvalue weighted by atomic mass is 10.0. The Balaban J connectivity index is 2.08. The van der Waals surface area contributed by atoms with E-state index in [0.29, 0.717) is 0 Å². The number of hydrogen-bond acceptors (Lipinski definition) is 1. The van der Waals surface area contributed by atoms with E-state index < -0.39 is 0 Å². The van der Waals surface area contributed by atoms with Crippen molar-refractivity contribution in [1.82, 2.24) is 4.98 Å². The minimum absolute atomic E-state index is 0.731. The summed E-state index contributed by atoms with van der Waals surface area (Å²) in [6.45, 7) is 4.19. The summed E-state index contributed by atoms with van der Waals surface area (Å²) in [5.74, 6) is 0. The van der Waals surface area contributed by atoms with Crippen molar-refractivity contribution in [3.8, 4) is 11.3 Å². The fourth-order valence-corrected chi connectivity index (χ4v) is 3.20. The van der Waals surface area contributed by atoms with E-state index in [1.165, 1.54) is 16.5 Å². The van der Waals surface area contributed by atoms with E-state index >= 15 is 0 Å². The number of benzene rings is 3. The van der Waals surface area contributed by atoms with Crippen LogP contribution in [0.2, 0.25) is 0 Å². The SMILES string of the molecule is Cc1ccc(-c2[nH]c3c(ccc4ccccc43)c2C=O)cc1C. The van der Waals surface area contributed by atoms with E-state index in [4.69, 9.17) is 0 Å². The highest BCUT2D eigenvalue weighted by Crippen LogP contribution is 2.33. The topological polar surface area (TPSA) is 32.9 Å². The van der Waals surface area contributed by atoms with Crippen LogP contribution in [-0.2, 0) is 0 Å². The largest absolute Gasteiger partial charge is 0.353 e. The fraction of sp³-hybridized carbons (Fsp3) is 0.0952. The maximum atomic E-state index is 11.7. The van der Waals surface area contributed by atoms with Crippen molar-refractivity contribution in [1.29, 1.82) is 0 Å². The Hall–Kier alpha value is -2.87. The van der Waals surface area contributed by atoms with Gasteiger partial charge in [-0.05, 0) is 42.0 Å². The van der Waals surface area contributed by atoms with Gasteiger partial charge < -0.3 is 4.98 Å². The van der Waals surface area contributed by atoms with Gasteiger partial charge in [-0.2, -0.15) is 0 Å². The molecule has 4 rings (SSSR count). The second-order valence-corrected chi connectivity index (χ2v) is 6.04. The number of aromatic nitrogens is 1. The van der Waals surface area contributed by atoms with Crippen LogP contribution < -0.4 is 0 Å². The van der Waals surface area contributed by atoms with Crippen molar-refractivity contribution in [3.63, 3.8) is 0 Å². The predicted octanol–water partition coefficient (Wildman–Crippen LogP) is 5.42. The first kappa shape index (κ1) is 13.8. The van der Waals surface area contributed by atoms with Crippen molar-refractivity contribution in [2.24, 2.45) is 0 Å². The van der Waals surface area contributed by atoms with Crippen molar-refractivity contribution in [2.45, 2.75) is 13.8 Å². The van der Waals surface area contributed by atoms with Crippen LogP contribution >= 0.6 is 0 Å². The molecule has 0 radical (unpaired) electrons. The van der Waals surface area contributed by atoms with E-state index in [1.807, 2.05) is 18.2 Å². The van der Waals surface area contributed by atoms with E-state index in [9.17, 15) is 4.79 Å². The van der Waals surface area contributed by atoms with Gasteiger partial charge in [0.2, 0.25) is 0 Å². The molecule has 0 bridgehead atoms. The predicted molar refractivity (Wildman–Crippen MR) is 96.1 cm³/mol. The first-order chi connectivity index (χ1) is 11.2.